The van der Waals surface area contributed by atoms with Gasteiger partial charge in [0.05, 0.1) is 37.4 Å². The molecule has 0 fully saturated rings. The highest BCUT2D eigenvalue weighted by atomic mass is 32.2. The maximum absolute atomic E-state index is 13.0. The number of aryl methyl sites for hydroxylation is 1. The summed E-state index contributed by atoms with van der Waals surface area (Å²) < 4.78 is 1.14. The molecule has 1 aromatic heterocycles. The van der Waals surface area contributed by atoms with E-state index in [2.05, 4.69) is 45.3 Å². The van der Waals surface area contributed by atoms with Gasteiger partial charge in [-0.1, -0.05) is 41.7 Å². The lowest BCUT2D eigenvalue weighted by Gasteiger charge is -2.20. The Kier molecular flexibility index (Phi) is 6.88. The van der Waals surface area contributed by atoms with Gasteiger partial charge in [0, 0.05) is 17.1 Å². The number of quaternary nitrogens is 1. The lowest BCUT2D eigenvalue weighted by Crippen LogP contribution is -3.06. The summed E-state index contributed by atoms with van der Waals surface area (Å²) in [5.41, 5.74) is 2.16. The Morgan fingerprint density at radius 3 is 2.63 bits per heavy atom. The molecule has 0 aliphatic carbocycles. The van der Waals surface area contributed by atoms with Crippen molar-refractivity contribution in [2.24, 2.45) is 0 Å². The van der Waals surface area contributed by atoms with Crippen molar-refractivity contribution in [2.75, 3.05) is 37.8 Å². The van der Waals surface area contributed by atoms with Crippen molar-refractivity contribution in [3.05, 3.63) is 54.1 Å². The first-order valence-corrected chi connectivity index (χ1v) is 11.0. The monoisotopic (exact) mass is 400 g/mol. The Morgan fingerprint density at radius 1 is 1.15 bits per heavy atom. The van der Waals surface area contributed by atoms with Crippen LogP contribution in [0.5, 0.6) is 0 Å². The quantitative estimate of drug-likeness (QED) is 0.590. The van der Waals surface area contributed by atoms with Crippen LogP contribution in [0.15, 0.2) is 53.4 Å². The van der Waals surface area contributed by atoms with Gasteiger partial charge in [-0.2, -0.15) is 0 Å². The number of likely N-dealkylation sites (N-methyl/N-ethyl adjacent to an activating group) is 1. The average Bonchev–Trinajstić information content (AvgIpc) is 3.08. The third-order valence-corrected chi connectivity index (χ3v) is 6.36. The molecule has 1 heterocycles. The van der Waals surface area contributed by atoms with Crippen LogP contribution < -0.4 is 9.80 Å². The van der Waals surface area contributed by atoms with E-state index >= 15 is 0 Å². The molecule has 0 radical (unpaired) electrons. The number of thiazole rings is 1. The van der Waals surface area contributed by atoms with Gasteiger partial charge in [0.1, 0.15) is 0 Å². The minimum absolute atomic E-state index is 0.149. The number of nitrogens with one attached hydrogen (secondary N) is 1. The normalized spacial score (nSPS) is 11.3. The number of carbonyl (C=O) groups excluding carboxylic acids is 1. The van der Waals surface area contributed by atoms with E-state index in [4.69, 9.17) is 4.98 Å². The first-order valence-electron chi connectivity index (χ1n) is 9.18. The van der Waals surface area contributed by atoms with Gasteiger partial charge in [-0.3, -0.25) is 9.69 Å². The number of hydrogen-bond donors (Lipinski definition) is 1. The summed E-state index contributed by atoms with van der Waals surface area (Å²) in [5.74, 6) is 0.925. The van der Waals surface area contributed by atoms with Crippen LogP contribution in [0.25, 0.3) is 10.2 Å². The molecule has 0 atom stereocenters. The zero-order valence-corrected chi connectivity index (χ0v) is 17.7. The van der Waals surface area contributed by atoms with Crippen LogP contribution in [0.2, 0.25) is 0 Å². The van der Waals surface area contributed by atoms with Gasteiger partial charge >= 0.3 is 0 Å². The van der Waals surface area contributed by atoms with Crippen LogP contribution in [-0.4, -0.2) is 43.8 Å². The van der Waals surface area contributed by atoms with Gasteiger partial charge in [-0.05, 0) is 30.7 Å². The second-order valence-electron chi connectivity index (χ2n) is 6.83. The van der Waals surface area contributed by atoms with Gasteiger partial charge < -0.3 is 4.90 Å². The summed E-state index contributed by atoms with van der Waals surface area (Å²) in [6.45, 7) is 3.65. The highest BCUT2D eigenvalue weighted by molar-refractivity contribution is 7.99. The lowest BCUT2D eigenvalue weighted by molar-refractivity contribution is -0.856. The summed E-state index contributed by atoms with van der Waals surface area (Å²) in [7, 11) is 4.22. The fraction of sp³-hybridized carbons (Fsp3) is 0.333. The van der Waals surface area contributed by atoms with Gasteiger partial charge in [-0.15, -0.1) is 11.8 Å². The van der Waals surface area contributed by atoms with Gasteiger partial charge in [0.2, 0.25) is 5.91 Å². The molecule has 6 heteroatoms. The van der Waals surface area contributed by atoms with Crippen LogP contribution in [-0.2, 0) is 4.79 Å². The second-order valence-corrected chi connectivity index (χ2v) is 9.01. The Morgan fingerprint density at radius 2 is 1.93 bits per heavy atom. The molecule has 3 rings (SSSR count). The predicted octanol–water partition coefficient (Wildman–Crippen LogP) is 3.26. The molecular weight excluding hydrogens is 374 g/mol. The molecule has 2 aromatic carbocycles. The molecule has 1 amide bonds. The third kappa shape index (κ3) is 5.31. The highest BCUT2D eigenvalue weighted by Gasteiger charge is 2.21. The number of thioether (sulfide) groups is 1. The van der Waals surface area contributed by atoms with Gasteiger partial charge in [0.15, 0.2) is 5.13 Å². The van der Waals surface area contributed by atoms with Crippen molar-refractivity contribution in [3.63, 3.8) is 0 Å². The van der Waals surface area contributed by atoms with E-state index in [9.17, 15) is 4.79 Å². The standard InChI is InChI=1S/C21H25N3OS2/c1-16-8-7-11-18-20(16)22-21(27-18)24(14-13-23(2)3)19(25)12-15-26-17-9-5-4-6-10-17/h4-11H,12-15H2,1-3H3/p+1. The van der Waals surface area contributed by atoms with E-state index in [1.54, 1.807) is 23.1 Å². The van der Waals surface area contributed by atoms with Crippen molar-refractivity contribution < 1.29 is 9.69 Å². The smallest absolute Gasteiger partial charge is 0.229 e. The maximum Gasteiger partial charge on any atom is 0.229 e. The highest BCUT2D eigenvalue weighted by Crippen LogP contribution is 2.31. The molecule has 142 valence electrons. The largest absolute Gasteiger partial charge is 0.338 e. The summed E-state index contributed by atoms with van der Waals surface area (Å²) in [5, 5.41) is 0.815. The summed E-state index contributed by atoms with van der Waals surface area (Å²) >= 11 is 3.33. The number of anilines is 1. The molecule has 3 aromatic rings. The average molecular weight is 401 g/mol. The van der Waals surface area contributed by atoms with Crippen LogP contribution in [0.1, 0.15) is 12.0 Å². The minimum atomic E-state index is 0.149. The van der Waals surface area contributed by atoms with Crippen LogP contribution in [0.4, 0.5) is 5.13 Å². The lowest BCUT2D eigenvalue weighted by atomic mass is 10.2. The molecular formula is C21H26N3OS2+. The Labute approximate surface area is 169 Å². The second kappa shape index (κ2) is 9.35. The fourth-order valence-electron chi connectivity index (χ4n) is 2.76. The maximum atomic E-state index is 13.0. The van der Waals surface area contributed by atoms with E-state index in [1.165, 1.54) is 9.80 Å². The van der Waals surface area contributed by atoms with E-state index in [1.807, 2.05) is 29.2 Å². The molecule has 0 saturated carbocycles. The van der Waals surface area contributed by atoms with Crippen molar-refractivity contribution in [2.45, 2.75) is 18.2 Å². The Hall–Kier alpha value is -1.89. The zero-order valence-electron chi connectivity index (χ0n) is 16.1. The molecule has 0 unspecified atom stereocenters. The van der Waals surface area contributed by atoms with Crippen molar-refractivity contribution >= 4 is 44.4 Å². The van der Waals surface area contributed by atoms with Crippen molar-refractivity contribution in [3.8, 4) is 0 Å². The molecule has 27 heavy (non-hydrogen) atoms. The molecule has 1 N–H and O–H groups in total. The van der Waals surface area contributed by atoms with Gasteiger partial charge in [0.25, 0.3) is 0 Å². The van der Waals surface area contributed by atoms with Crippen molar-refractivity contribution in [1.82, 2.24) is 4.98 Å². The first kappa shape index (κ1) is 19.9. The first-order chi connectivity index (χ1) is 13.0. The van der Waals surface area contributed by atoms with Crippen LogP contribution in [0, 0.1) is 6.92 Å². The number of carbonyl (C=O) groups is 1. The fourth-order valence-corrected chi connectivity index (χ4v) is 4.71. The van der Waals surface area contributed by atoms with E-state index in [0.717, 1.165) is 33.2 Å². The Bertz CT molecular complexity index is 893. The van der Waals surface area contributed by atoms with Crippen molar-refractivity contribution in [1.29, 1.82) is 0 Å². The SMILES string of the molecule is Cc1cccc2sc(N(CC[NH+](C)C)C(=O)CCSc3ccccc3)nc12. The topological polar surface area (TPSA) is 37.6 Å². The number of nitrogens with zero attached hydrogens (tertiary/aromatic N) is 2. The summed E-state index contributed by atoms with van der Waals surface area (Å²) in [6.07, 6.45) is 0.511. The number of rotatable bonds is 8. The Balaban J connectivity index is 1.73. The molecule has 0 aliphatic rings. The number of hydrogen-bond acceptors (Lipinski definition) is 4. The molecule has 0 aliphatic heterocycles. The number of aromatic nitrogens is 1. The predicted molar refractivity (Wildman–Crippen MR) is 116 cm³/mol. The number of para-hydroxylation sites is 1. The molecule has 0 spiro atoms. The summed E-state index contributed by atoms with van der Waals surface area (Å²) in [4.78, 5) is 22.2. The third-order valence-electron chi connectivity index (χ3n) is 4.30. The minimum Gasteiger partial charge on any atom is -0.338 e. The molecule has 0 saturated heterocycles. The number of benzene rings is 2. The van der Waals surface area contributed by atoms with E-state index < -0.39 is 0 Å². The van der Waals surface area contributed by atoms with Gasteiger partial charge in [-0.25, -0.2) is 4.98 Å². The zero-order chi connectivity index (χ0) is 19.2. The van der Waals surface area contributed by atoms with E-state index in [0.29, 0.717) is 13.0 Å². The van der Waals surface area contributed by atoms with E-state index in [-0.39, 0.29) is 5.91 Å². The summed E-state index contributed by atoms with van der Waals surface area (Å²) in [6, 6.07) is 16.4. The van der Waals surface area contributed by atoms with Crippen LogP contribution >= 0.6 is 23.1 Å². The molecule has 4 nitrogen and oxygen atoms in total. The number of fused-ring (bicyclic) bond motifs is 1. The van der Waals surface area contributed by atoms with Crippen LogP contribution in [0.3, 0.4) is 0 Å². The molecule has 0 bridgehead atoms. The number of amides is 1.